The summed E-state index contributed by atoms with van der Waals surface area (Å²) >= 11 is 0. The number of hydrogen-bond donors (Lipinski definition) is 3. The van der Waals surface area contributed by atoms with Gasteiger partial charge in [-0.05, 0) is 75.7 Å². The first kappa shape index (κ1) is 45.6. The van der Waals surface area contributed by atoms with Gasteiger partial charge in [0.2, 0.25) is 23.6 Å². The van der Waals surface area contributed by atoms with Gasteiger partial charge in [-0.2, -0.15) is 0 Å². The molecule has 14 nitrogen and oxygen atoms in total. The van der Waals surface area contributed by atoms with Gasteiger partial charge < -0.3 is 40.4 Å². The van der Waals surface area contributed by atoms with Crippen LogP contribution in [0, 0.1) is 17.8 Å². The highest BCUT2D eigenvalue weighted by molar-refractivity contribution is 5.92. The Balaban J connectivity index is 1.77. The molecule has 55 heavy (non-hydrogen) atoms. The van der Waals surface area contributed by atoms with E-state index in [0.717, 1.165) is 37.8 Å². The Bertz CT molecular complexity index is 1460. The number of hydrogen-bond acceptors (Lipinski definition) is 10. The van der Waals surface area contributed by atoms with Crippen LogP contribution >= 0.6 is 0 Å². The minimum Gasteiger partial charge on any atom is -0.467 e. The first-order chi connectivity index (χ1) is 25.9. The van der Waals surface area contributed by atoms with Gasteiger partial charge in [-0.3, -0.25) is 24.1 Å². The molecule has 9 atom stereocenters. The summed E-state index contributed by atoms with van der Waals surface area (Å²) in [5, 5.41) is 5.92. The van der Waals surface area contributed by atoms with Crippen molar-refractivity contribution in [3.8, 4) is 0 Å². The molecule has 2 aliphatic rings. The van der Waals surface area contributed by atoms with Crippen molar-refractivity contribution in [3.63, 3.8) is 0 Å². The molecule has 0 unspecified atom stereocenters. The fourth-order valence-electron chi connectivity index (χ4n) is 8.25. The Hall–Kier alpha value is -3.75. The fraction of sp³-hybridized carbons (Fsp3) is 0.732. The van der Waals surface area contributed by atoms with Gasteiger partial charge in [0.05, 0.1) is 49.3 Å². The maximum atomic E-state index is 14.3. The predicted octanol–water partition coefficient (Wildman–Crippen LogP) is 3.01. The third-order valence-electron chi connectivity index (χ3n) is 12.2. The molecule has 3 rings (SSSR count). The van der Waals surface area contributed by atoms with E-state index in [4.69, 9.17) is 19.9 Å². The van der Waals surface area contributed by atoms with Crippen molar-refractivity contribution in [1.82, 2.24) is 25.3 Å². The average Bonchev–Trinajstić information content (AvgIpc) is 3.79. The van der Waals surface area contributed by atoms with E-state index in [2.05, 4.69) is 10.6 Å². The monoisotopic (exact) mass is 773 g/mol. The van der Waals surface area contributed by atoms with E-state index < -0.39 is 59.7 Å². The highest BCUT2D eigenvalue weighted by Crippen LogP contribution is 2.31. The quantitative estimate of drug-likeness (QED) is 0.140. The molecule has 0 radical (unpaired) electrons. The number of methoxy groups -OCH3 is 3. The second-order valence-corrected chi connectivity index (χ2v) is 16.1. The smallest absolute Gasteiger partial charge is 0.328 e. The van der Waals surface area contributed by atoms with E-state index >= 15 is 0 Å². The molecule has 0 spiro atoms. The van der Waals surface area contributed by atoms with Crippen LogP contribution < -0.4 is 16.4 Å². The number of carbonyl (C=O) groups excluding carboxylic acids is 5. The summed E-state index contributed by atoms with van der Waals surface area (Å²) in [4.78, 5) is 74.0. The van der Waals surface area contributed by atoms with E-state index in [1.165, 1.54) is 14.2 Å². The second kappa shape index (κ2) is 20.4. The van der Waals surface area contributed by atoms with Crippen LogP contribution in [-0.4, -0.2) is 135 Å². The first-order valence-corrected chi connectivity index (χ1v) is 19.8. The molecule has 14 heteroatoms. The van der Waals surface area contributed by atoms with Crippen LogP contribution in [0.1, 0.15) is 85.6 Å². The van der Waals surface area contributed by atoms with Gasteiger partial charge in [0.25, 0.3) is 0 Å². The van der Waals surface area contributed by atoms with E-state index in [1.807, 2.05) is 46.6 Å². The lowest BCUT2D eigenvalue weighted by Crippen LogP contribution is -2.61. The van der Waals surface area contributed by atoms with Gasteiger partial charge in [0.15, 0.2) is 0 Å². The summed E-state index contributed by atoms with van der Waals surface area (Å²) in [5.74, 6) is -2.46. The Morgan fingerprint density at radius 2 is 1.64 bits per heavy atom. The number of likely N-dealkylation sites (N-methyl/N-ethyl adjacent to an activating group) is 2. The van der Waals surface area contributed by atoms with E-state index in [9.17, 15) is 24.0 Å². The molecule has 0 aromatic heterocycles. The Morgan fingerprint density at radius 1 is 0.982 bits per heavy atom. The molecular weight excluding hydrogens is 704 g/mol. The number of amides is 4. The molecule has 2 fully saturated rings. The van der Waals surface area contributed by atoms with Crippen molar-refractivity contribution in [3.05, 3.63) is 29.8 Å². The number of nitrogen functional groups attached to an aromatic ring is 1. The van der Waals surface area contributed by atoms with Crippen molar-refractivity contribution in [1.29, 1.82) is 0 Å². The standard InChI is InChI=1S/C41H68N6O8/c1-12-26(4)35(46(8)38(50)34(25(2)3)44-40(52)41(6)20-14-21-45(41)7)32(53-9)24-33(48)47-22-13-15-31(47)36(54-10)27(5)37(49)43-30(39(51)55-11)23-28-16-18-29(42)19-17-28/h16-19,25-27,30-32,34-36H,12-15,20-24,42H2,1-11H3,(H,43,49)(H,44,52)/t26-,27+,30-,31-,32+,34-,35-,36+,41-/m0/s1. The summed E-state index contributed by atoms with van der Waals surface area (Å²) in [5.41, 5.74) is 6.53. The molecule has 2 saturated heterocycles. The van der Waals surface area contributed by atoms with Crippen LogP contribution in [0.4, 0.5) is 5.69 Å². The number of esters is 1. The molecule has 0 saturated carbocycles. The lowest BCUT2D eigenvalue weighted by atomic mass is 9.89. The van der Waals surface area contributed by atoms with Gasteiger partial charge >= 0.3 is 5.97 Å². The molecular formula is C41H68N6O8. The summed E-state index contributed by atoms with van der Waals surface area (Å²) in [6.07, 6.45) is 2.63. The highest BCUT2D eigenvalue weighted by Gasteiger charge is 2.45. The van der Waals surface area contributed by atoms with Gasteiger partial charge in [-0.25, -0.2) is 4.79 Å². The summed E-state index contributed by atoms with van der Waals surface area (Å²) in [6.45, 7) is 12.9. The third kappa shape index (κ3) is 11.0. The van der Waals surface area contributed by atoms with Crippen molar-refractivity contribution in [2.75, 3.05) is 54.2 Å². The van der Waals surface area contributed by atoms with Crippen molar-refractivity contribution in [2.45, 2.75) is 128 Å². The minimum atomic E-state index is -0.933. The van der Waals surface area contributed by atoms with Crippen LogP contribution in [0.15, 0.2) is 24.3 Å². The summed E-state index contributed by atoms with van der Waals surface area (Å²) in [6, 6.07) is 4.50. The van der Waals surface area contributed by atoms with Gasteiger partial charge in [-0.15, -0.1) is 0 Å². The maximum absolute atomic E-state index is 14.3. The number of nitrogens with two attached hydrogens (primary N) is 1. The van der Waals surface area contributed by atoms with Gasteiger partial charge in [0, 0.05) is 39.9 Å². The lowest BCUT2D eigenvalue weighted by molar-refractivity contribution is -0.149. The Kier molecular flexibility index (Phi) is 16.9. The second-order valence-electron chi connectivity index (χ2n) is 16.1. The van der Waals surface area contributed by atoms with Crippen LogP contribution in [0.25, 0.3) is 0 Å². The topological polar surface area (TPSA) is 173 Å². The van der Waals surface area contributed by atoms with Crippen LogP contribution in [-0.2, 0) is 44.6 Å². The van der Waals surface area contributed by atoms with Crippen molar-refractivity contribution < 1.29 is 38.2 Å². The third-order valence-corrected chi connectivity index (χ3v) is 12.2. The van der Waals surface area contributed by atoms with Crippen molar-refractivity contribution in [2.24, 2.45) is 17.8 Å². The zero-order valence-corrected chi connectivity index (χ0v) is 35.1. The Morgan fingerprint density at radius 3 is 2.16 bits per heavy atom. The fourth-order valence-corrected chi connectivity index (χ4v) is 8.25. The molecule has 1 aromatic carbocycles. The molecule has 4 amide bonds. The number of nitrogens with one attached hydrogen (secondary N) is 2. The van der Waals surface area contributed by atoms with Gasteiger partial charge in [0.1, 0.15) is 12.1 Å². The van der Waals surface area contributed by atoms with Gasteiger partial charge in [-0.1, -0.05) is 53.2 Å². The molecule has 0 bridgehead atoms. The normalized spacial score (nSPS) is 22.6. The molecule has 310 valence electrons. The average molecular weight is 773 g/mol. The van der Waals surface area contributed by atoms with Crippen LogP contribution in [0.2, 0.25) is 0 Å². The lowest BCUT2D eigenvalue weighted by Gasteiger charge is -2.41. The number of ether oxygens (including phenoxy) is 3. The van der Waals surface area contributed by atoms with Crippen LogP contribution in [0.5, 0.6) is 0 Å². The largest absolute Gasteiger partial charge is 0.467 e. The zero-order valence-electron chi connectivity index (χ0n) is 35.1. The summed E-state index contributed by atoms with van der Waals surface area (Å²) in [7, 11) is 8.02. The molecule has 2 aliphatic heterocycles. The SMILES string of the molecule is CC[C@H](C)[C@@H]([C@@H](CC(=O)N1CCC[C@H]1[C@H](OC)[C@@H](C)C(=O)N[C@@H](Cc1ccc(N)cc1)C(=O)OC)OC)N(C)C(=O)[C@@H](NC(=O)[C@]1(C)CCCN1C)C(C)C. The maximum Gasteiger partial charge on any atom is 0.328 e. The Labute approximate surface area is 328 Å². The minimum absolute atomic E-state index is 0.00418. The number of rotatable bonds is 19. The first-order valence-electron chi connectivity index (χ1n) is 19.8. The van der Waals surface area contributed by atoms with E-state index in [-0.39, 0.29) is 42.4 Å². The van der Waals surface area contributed by atoms with E-state index in [0.29, 0.717) is 18.7 Å². The number of carbonyl (C=O) groups is 5. The van der Waals surface area contributed by atoms with E-state index in [1.54, 1.807) is 55.1 Å². The number of nitrogens with zero attached hydrogens (tertiary/aromatic N) is 3. The number of anilines is 1. The van der Waals surface area contributed by atoms with Crippen molar-refractivity contribution >= 4 is 35.3 Å². The molecule has 2 heterocycles. The highest BCUT2D eigenvalue weighted by atomic mass is 16.5. The molecule has 0 aliphatic carbocycles. The summed E-state index contributed by atoms with van der Waals surface area (Å²) < 4.78 is 17.0. The number of benzene rings is 1. The molecule has 4 N–H and O–H groups in total. The zero-order chi connectivity index (χ0) is 41.2. The molecule has 1 aromatic rings. The predicted molar refractivity (Wildman–Crippen MR) is 212 cm³/mol. The number of likely N-dealkylation sites (tertiary alicyclic amines) is 2. The van der Waals surface area contributed by atoms with Crippen LogP contribution in [0.3, 0.4) is 0 Å².